The minimum atomic E-state index is -0.0340. The molecule has 2 aromatic rings. The van der Waals surface area contributed by atoms with Crippen molar-refractivity contribution in [2.45, 2.75) is 0 Å². The summed E-state index contributed by atoms with van der Waals surface area (Å²) in [5, 5.41) is 8.28. The molecule has 3 rings (SSSR count). The molecule has 0 radical (unpaired) electrons. The number of amides is 1. The summed E-state index contributed by atoms with van der Waals surface area (Å²) in [6, 6.07) is 8.22. The maximum Gasteiger partial charge on any atom is 0.250 e. The molecule has 1 aliphatic rings. The monoisotopic (exact) mass is 248 g/mol. The van der Waals surface area contributed by atoms with Crippen LogP contribution >= 0.6 is 23.1 Å². The number of fused-ring (bicyclic) bond motifs is 1. The van der Waals surface area contributed by atoms with Crippen LogP contribution in [-0.2, 0) is 4.79 Å². The summed E-state index contributed by atoms with van der Waals surface area (Å²) in [6.45, 7) is 0. The van der Waals surface area contributed by atoms with Gasteiger partial charge in [0, 0.05) is 21.0 Å². The first-order valence-corrected chi connectivity index (χ1v) is 6.67. The molecule has 0 unspecified atom stereocenters. The van der Waals surface area contributed by atoms with Gasteiger partial charge in [-0.2, -0.15) is 5.10 Å². The van der Waals surface area contributed by atoms with Crippen molar-refractivity contribution in [3.63, 3.8) is 0 Å². The van der Waals surface area contributed by atoms with Gasteiger partial charge in [-0.05, 0) is 6.07 Å². The Hall–Kier alpha value is -1.33. The normalized spacial score (nSPS) is 16.0. The van der Waals surface area contributed by atoms with E-state index in [2.05, 4.69) is 28.0 Å². The summed E-state index contributed by atoms with van der Waals surface area (Å²) in [7, 11) is 0. The number of carbonyl (C=O) groups excluding carboxylic acids is 1. The number of rotatable bonds is 1. The molecule has 1 aromatic heterocycles. The average molecular weight is 248 g/mol. The number of nitrogens with one attached hydrogen (secondary N) is 1. The number of hydrazone groups is 1. The first-order chi connectivity index (χ1) is 7.84. The summed E-state index contributed by atoms with van der Waals surface area (Å²) < 4.78 is 1.25. The quantitative estimate of drug-likeness (QED) is 0.842. The molecule has 0 saturated carbocycles. The van der Waals surface area contributed by atoms with Crippen molar-refractivity contribution >= 4 is 44.1 Å². The highest BCUT2D eigenvalue weighted by Crippen LogP contribution is 2.29. The Balaban J connectivity index is 2.09. The Morgan fingerprint density at radius 2 is 2.19 bits per heavy atom. The summed E-state index contributed by atoms with van der Waals surface area (Å²) in [4.78, 5) is 11.0. The maximum atomic E-state index is 11.0. The molecule has 0 atom stereocenters. The van der Waals surface area contributed by atoms with Gasteiger partial charge in [-0.25, -0.2) is 5.43 Å². The molecule has 1 N–H and O–H groups in total. The molecule has 0 saturated heterocycles. The molecule has 0 aliphatic carbocycles. The van der Waals surface area contributed by atoms with E-state index >= 15 is 0 Å². The van der Waals surface area contributed by atoms with Crippen molar-refractivity contribution in [3.8, 4) is 0 Å². The third-order valence-corrected chi connectivity index (χ3v) is 4.29. The Morgan fingerprint density at radius 3 is 3.00 bits per heavy atom. The number of thiophene rings is 1. The Bertz CT molecular complexity index is 588. The second kappa shape index (κ2) is 3.92. The largest absolute Gasteiger partial charge is 0.272 e. The smallest absolute Gasteiger partial charge is 0.250 e. The molecule has 80 valence electrons. The van der Waals surface area contributed by atoms with Crippen LogP contribution in [0.5, 0.6) is 0 Å². The number of hydrogen-bond donors (Lipinski definition) is 1. The van der Waals surface area contributed by atoms with Crippen molar-refractivity contribution in [2.24, 2.45) is 5.10 Å². The first kappa shape index (κ1) is 9.86. The zero-order chi connectivity index (χ0) is 11.0. The third kappa shape index (κ3) is 1.62. The van der Waals surface area contributed by atoms with Crippen molar-refractivity contribution < 1.29 is 4.79 Å². The van der Waals surface area contributed by atoms with E-state index in [4.69, 9.17) is 0 Å². The highest BCUT2D eigenvalue weighted by molar-refractivity contribution is 8.15. The summed E-state index contributed by atoms with van der Waals surface area (Å²) in [5.41, 5.74) is 3.63. The SMILES string of the molecule is O=C1CSC(c2csc3ccccc23)=NN1. The molecule has 1 aromatic carbocycles. The van der Waals surface area contributed by atoms with Crippen LogP contribution in [0.1, 0.15) is 5.56 Å². The fourth-order valence-electron chi connectivity index (χ4n) is 1.59. The van der Waals surface area contributed by atoms with Gasteiger partial charge in [-0.1, -0.05) is 30.0 Å². The average Bonchev–Trinajstić information content (AvgIpc) is 2.74. The van der Waals surface area contributed by atoms with Gasteiger partial charge < -0.3 is 0 Å². The van der Waals surface area contributed by atoms with Gasteiger partial charge in [0.05, 0.1) is 5.75 Å². The van der Waals surface area contributed by atoms with Crippen molar-refractivity contribution in [2.75, 3.05) is 5.75 Å². The van der Waals surface area contributed by atoms with E-state index < -0.39 is 0 Å². The highest BCUT2D eigenvalue weighted by atomic mass is 32.2. The van der Waals surface area contributed by atoms with Crippen LogP contribution in [0.3, 0.4) is 0 Å². The van der Waals surface area contributed by atoms with E-state index in [0.29, 0.717) is 5.75 Å². The van der Waals surface area contributed by atoms with Gasteiger partial charge in [0.25, 0.3) is 5.91 Å². The minimum Gasteiger partial charge on any atom is -0.272 e. The van der Waals surface area contributed by atoms with E-state index in [1.165, 1.54) is 21.8 Å². The van der Waals surface area contributed by atoms with Gasteiger partial charge in [0.2, 0.25) is 0 Å². The van der Waals surface area contributed by atoms with Crippen LogP contribution in [0.15, 0.2) is 34.7 Å². The first-order valence-electron chi connectivity index (χ1n) is 4.80. The summed E-state index contributed by atoms with van der Waals surface area (Å²) in [5.74, 6) is 0.413. The number of benzene rings is 1. The van der Waals surface area contributed by atoms with Crippen LogP contribution in [0.25, 0.3) is 10.1 Å². The fourth-order valence-corrected chi connectivity index (χ4v) is 3.38. The Labute approximate surface area is 101 Å². The van der Waals surface area contributed by atoms with Gasteiger partial charge in [0.15, 0.2) is 0 Å². The predicted octanol–water partition coefficient (Wildman–Crippen LogP) is 2.43. The van der Waals surface area contributed by atoms with Gasteiger partial charge in [-0.15, -0.1) is 11.3 Å². The molecule has 5 heteroatoms. The lowest BCUT2D eigenvalue weighted by atomic mass is 10.2. The zero-order valence-electron chi connectivity index (χ0n) is 8.27. The molecule has 2 heterocycles. The number of hydrogen-bond acceptors (Lipinski definition) is 4. The topological polar surface area (TPSA) is 41.5 Å². The van der Waals surface area contributed by atoms with Crippen LogP contribution in [0.4, 0.5) is 0 Å². The van der Waals surface area contributed by atoms with Crippen LogP contribution in [0, 0.1) is 0 Å². The molecule has 1 amide bonds. The highest BCUT2D eigenvalue weighted by Gasteiger charge is 2.16. The van der Waals surface area contributed by atoms with E-state index in [1.807, 2.05) is 12.1 Å². The van der Waals surface area contributed by atoms with Crippen molar-refractivity contribution in [1.29, 1.82) is 0 Å². The number of nitrogens with zero attached hydrogens (tertiary/aromatic N) is 1. The maximum absolute atomic E-state index is 11.0. The van der Waals surface area contributed by atoms with Crippen LogP contribution in [0.2, 0.25) is 0 Å². The van der Waals surface area contributed by atoms with E-state index in [9.17, 15) is 4.79 Å². The van der Waals surface area contributed by atoms with Crippen molar-refractivity contribution in [1.82, 2.24) is 5.43 Å². The van der Waals surface area contributed by atoms with Crippen LogP contribution in [-0.4, -0.2) is 16.7 Å². The lowest BCUT2D eigenvalue weighted by Crippen LogP contribution is -2.26. The molecule has 0 fully saturated rings. The van der Waals surface area contributed by atoms with Gasteiger partial charge in [0.1, 0.15) is 5.04 Å². The van der Waals surface area contributed by atoms with Crippen molar-refractivity contribution in [3.05, 3.63) is 35.2 Å². The number of thioether (sulfide) groups is 1. The molecular weight excluding hydrogens is 240 g/mol. The minimum absolute atomic E-state index is 0.0340. The van der Waals surface area contributed by atoms with Gasteiger partial charge in [-0.3, -0.25) is 4.79 Å². The zero-order valence-corrected chi connectivity index (χ0v) is 9.90. The molecule has 0 spiro atoms. The second-order valence-electron chi connectivity index (χ2n) is 3.39. The summed E-state index contributed by atoms with van der Waals surface area (Å²) in [6.07, 6.45) is 0. The lowest BCUT2D eigenvalue weighted by molar-refractivity contribution is -0.118. The second-order valence-corrected chi connectivity index (χ2v) is 5.26. The standard InChI is InChI=1S/C11H8N2OS2/c14-10-6-16-11(13-12-10)8-5-15-9-4-2-1-3-7(8)9/h1-5H,6H2,(H,12,14). The molecule has 3 nitrogen and oxygen atoms in total. The fraction of sp³-hybridized carbons (Fsp3) is 0.0909. The molecule has 0 bridgehead atoms. The number of carbonyl (C=O) groups is 1. The Kier molecular flexibility index (Phi) is 2.41. The van der Waals surface area contributed by atoms with Crippen LogP contribution < -0.4 is 5.43 Å². The molecular formula is C11H8N2OS2. The van der Waals surface area contributed by atoms with E-state index in [0.717, 1.165) is 10.6 Å². The van der Waals surface area contributed by atoms with Gasteiger partial charge >= 0.3 is 0 Å². The summed E-state index contributed by atoms with van der Waals surface area (Å²) >= 11 is 3.19. The van der Waals surface area contributed by atoms with E-state index in [-0.39, 0.29) is 5.91 Å². The Morgan fingerprint density at radius 1 is 1.31 bits per heavy atom. The van der Waals surface area contributed by atoms with E-state index in [1.54, 1.807) is 11.3 Å². The third-order valence-electron chi connectivity index (χ3n) is 2.33. The predicted molar refractivity (Wildman–Crippen MR) is 69.0 cm³/mol. The molecule has 16 heavy (non-hydrogen) atoms. The lowest BCUT2D eigenvalue weighted by Gasteiger charge is -2.10. The molecule has 1 aliphatic heterocycles.